The molecule has 1 aromatic rings. The minimum absolute atomic E-state index is 0.0245. The number of rotatable bonds is 41. The highest BCUT2D eigenvalue weighted by molar-refractivity contribution is 7.61. The summed E-state index contributed by atoms with van der Waals surface area (Å²) < 4.78 is 56.7. The Balaban J connectivity index is 1.83. The second-order valence-electron chi connectivity index (χ2n) is 17.5. The molecule has 0 radical (unpaired) electrons. The van der Waals surface area contributed by atoms with Crippen molar-refractivity contribution in [2.45, 2.75) is 198 Å². The van der Waals surface area contributed by atoms with E-state index in [2.05, 4.69) is 58.8 Å². The van der Waals surface area contributed by atoms with Gasteiger partial charge in [0.25, 0.3) is 0 Å². The minimum Gasteiger partial charge on any atom is -0.462 e. The smallest absolute Gasteiger partial charge is 0.462 e. The Labute approximate surface area is 420 Å². The molecule has 1 aromatic heterocycles. The SMILES string of the molecule is CCCCCC/C=C\CCCCCCCCCC(=O)O[C@H](COC(=O)CCC/C=C\C/C=C\C/C=C\C/C=C\CC[C@@H](O)CC)COP(=O)(O)OP(=O)(O)OC[C@H]1O[C@@H](n2ccc(N)nc2=O)[C@H](O)[C@@H]1O. The van der Waals surface area contributed by atoms with Gasteiger partial charge in [-0.2, -0.15) is 9.29 Å². The number of allylic oxidation sites excluding steroid dienone is 10. The Hall–Kier alpha value is -3.58. The van der Waals surface area contributed by atoms with Gasteiger partial charge in [0.15, 0.2) is 12.3 Å². The van der Waals surface area contributed by atoms with Crippen LogP contribution in [0.4, 0.5) is 5.82 Å². The van der Waals surface area contributed by atoms with Crippen molar-refractivity contribution in [3.8, 4) is 0 Å². The first-order chi connectivity index (χ1) is 34.1. The van der Waals surface area contributed by atoms with Crippen LogP contribution in [0.5, 0.6) is 0 Å². The summed E-state index contributed by atoms with van der Waals surface area (Å²) in [4.78, 5) is 61.9. The predicted octanol–water partition coefficient (Wildman–Crippen LogP) is 9.30. The fourth-order valence-corrected chi connectivity index (χ4v) is 9.21. The fraction of sp³-hybridized carbons (Fsp3) is 0.680. The number of anilines is 1. The predicted molar refractivity (Wildman–Crippen MR) is 272 cm³/mol. The summed E-state index contributed by atoms with van der Waals surface area (Å²) in [5, 5.41) is 30.5. The van der Waals surface area contributed by atoms with Crippen molar-refractivity contribution in [3.63, 3.8) is 0 Å². The van der Waals surface area contributed by atoms with Gasteiger partial charge in [0.05, 0.1) is 19.3 Å². The number of aliphatic hydroxyl groups excluding tert-OH is 3. The second-order valence-corrected chi connectivity index (χ2v) is 20.5. The molecule has 0 aliphatic carbocycles. The topological polar surface area (TPSA) is 286 Å². The van der Waals surface area contributed by atoms with E-state index in [-0.39, 0.29) is 24.8 Å². The lowest BCUT2D eigenvalue weighted by atomic mass is 10.1. The summed E-state index contributed by atoms with van der Waals surface area (Å²) in [7, 11) is -10.9. The fourth-order valence-electron chi connectivity index (χ4n) is 7.10. The highest BCUT2D eigenvalue weighted by atomic mass is 31.3. The Morgan fingerprint density at radius 3 is 1.89 bits per heavy atom. The van der Waals surface area contributed by atoms with Crippen LogP contribution < -0.4 is 11.4 Å². The second kappa shape index (κ2) is 38.1. The van der Waals surface area contributed by atoms with Gasteiger partial charge in [0, 0.05) is 19.0 Å². The number of nitrogens with two attached hydrogens (primary N) is 1. The lowest BCUT2D eigenvalue weighted by Crippen LogP contribution is -2.36. The third-order valence-corrected chi connectivity index (χ3v) is 13.8. The number of hydrogen-bond acceptors (Lipinski definition) is 16. The lowest BCUT2D eigenvalue weighted by molar-refractivity contribution is -0.161. The Kier molecular flexibility index (Phi) is 34.1. The van der Waals surface area contributed by atoms with E-state index < -0.39 is 83.7 Å². The number of nitrogen functional groups attached to an aromatic ring is 1. The summed E-state index contributed by atoms with van der Waals surface area (Å²) in [5.41, 5.74) is 4.58. The molecule has 1 aliphatic heterocycles. The number of phosphoric acid groups is 2. The van der Waals surface area contributed by atoms with Crippen LogP contribution in [0.1, 0.15) is 168 Å². The standard InChI is InChI=1S/C50H83N3O16P2/c1-3-5-6-7-8-9-10-11-12-17-20-23-26-29-32-35-46(56)67-42(38-64-45(55)34-31-28-25-22-19-16-14-13-15-18-21-24-27-30-33-41(54)4-2)39-65-70(60,61)69-71(62,63)66-40-43-47(57)48(58)49(68-43)53-37-36-44(51)52-50(53)59/h9-10,14-16,18,22,24-25,27,36-37,41-43,47-49,54,57-58H,3-8,11-13,17,19-21,23,26,28-35,38-40H2,1-2H3,(H,60,61)(H,62,63)(H2,51,52,59)/b10-9-,16-14-,18-15-,25-22-,27-24-/t41-,42+,43+,47+,48+,49+/m0/s1. The van der Waals surface area contributed by atoms with Crippen molar-refractivity contribution < 1.29 is 71.4 Å². The largest absolute Gasteiger partial charge is 0.481 e. The van der Waals surface area contributed by atoms with Crippen LogP contribution in [-0.4, -0.2) is 96.9 Å². The first-order valence-electron chi connectivity index (χ1n) is 25.4. The van der Waals surface area contributed by atoms with Gasteiger partial charge < -0.3 is 45.1 Å². The number of unbranched alkanes of at least 4 members (excludes halogenated alkanes) is 12. The number of carbonyl (C=O) groups is 2. The Bertz CT molecular complexity index is 1940. The van der Waals surface area contributed by atoms with Crippen molar-refractivity contribution in [1.82, 2.24) is 9.55 Å². The molecule has 2 heterocycles. The van der Waals surface area contributed by atoms with Crippen LogP contribution in [0.25, 0.3) is 0 Å². The quantitative estimate of drug-likeness (QED) is 0.0154. The van der Waals surface area contributed by atoms with Crippen LogP contribution in [-0.2, 0) is 46.3 Å². The highest BCUT2D eigenvalue weighted by Gasteiger charge is 2.46. The number of phosphoric ester groups is 2. The van der Waals surface area contributed by atoms with Gasteiger partial charge in [-0.15, -0.1) is 0 Å². The molecule has 0 aromatic carbocycles. The number of aliphatic hydroxyl groups is 3. The van der Waals surface area contributed by atoms with Gasteiger partial charge in [-0.1, -0.05) is 126 Å². The molecule has 0 spiro atoms. The maximum absolute atomic E-state index is 12.9. The van der Waals surface area contributed by atoms with Gasteiger partial charge in [-0.25, -0.2) is 13.9 Å². The van der Waals surface area contributed by atoms with E-state index in [9.17, 15) is 48.6 Å². The first-order valence-corrected chi connectivity index (χ1v) is 28.4. The van der Waals surface area contributed by atoms with Crippen LogP contribution in [0.15, 0.2) is 77.8 Å². The molecule has 19 nitrogen and oxygen atoms in total. The average Bonchev–Trinajstić information content (AvgIpc) is 3.61. The van der Waals surface area contributed by atoms with Crippen molar-refractivity contribution in [2.24, 2.45) is 0 Å². The summed E-state index contributed by atoms with van der Waals surface area (Å²) in [6.45, 7) is 1.80. The molecular weight excluding hydrogens is 961 g/mol. The molecular formula is C50H83N3O16P2. The molecule has 0 bridgehead atoms. The van der Waals surface area contributed by atoms with Crippen molar-refractivity contribution in [3.05, 3.63) is 83.5 Å². The number of carbonyl (C=O) groups excluding carboxylic acids is 2. The molecule has 1 aliphatic rings. The maximum Gasteiger partial charge on any atom is 0.481 e. The Morgan fingerprint density at radius 2 is 1.27 bits per heavy atom. The van der Waals surface area contributed by atoms with Gasteiger partial charge in [-0.3, -0.25) is 23.2 Å². The normalized spacial score (nSPS) is 20.1. The van der Waals surface area contributed by atoms with E-state index in [1.54, 1.807) is 0 Å². The number of esters is 2. The molecule has 0 amide bonds. The monoisotopic (exact) mass is 1040 g/mol. The van der Waals surface area contributed by atoms with Crippen LogP contribution >= 0.6 is 15.6 Å². The summed E-state index contributed by atoms with van der Waals surface area (Å²) >= 11 is 0. The van der Waals surface area contributed by atoms with Crippen LogP contribution in [0.2, 0.25) is 0 Å². The van der Waals surface area contributed by atoms with E-state index in [4.69, 9.17) is 29.0 Å². The van der Waals surface area contributed by atoms with Crippen molar-refractivity contribution >= 4 is 33.4 Å². The third kappa shape index (κ3) is 30.9. The molecule has 7 N–H and O–H groups in total. The zero-order valence-electron chi connectivity index (χ0n) is 41.9. The van der Waals surface area contributed by atoms with Crippen molar-refractivity contribution in [2.75, 3.05) is 25.6 Å². The maximum atomic E-state index is 12.9. The molecule has 8 atom stereocenters. The molecule has 1 fully saturated rings. The van der Waals surface area contributed by atoms with Crippen molar-refractivity contribution in [1.29, 1.82) is 0 Å². The van der Waals surface area contributed by atoms with E-state index in [0.29, 0.717) is 19.3 Å². The molecule has 2 unspecified atom stereocenters. The highest BCUT2D eigenvalue weighted by Crippen LogP contribution is 2.60. The lowest BCUT2D eigenvalue weighted by Gasteiger charge is -2.21. The van der Waals surface area contributed by atoms with Gasteiger partial charge in [0.1, 0.15) is 30.7 Å². The zero-order valence-corrected chi connectivity index (χ0v) is 43.7. The van der Waals surface area contributed by atoms with Gasteiger partial charge in [0.2, 0.25) is 0 Å². The zero-order chi connectivity index (χ0) is 52.2. The first kappa shape index (κ1) is 63.5. The van der Waals surface area contributed by atoms with E-state index in [1.807, 2.05) is 25.2 Å². The molecule has 404 valence electrons. The number of ether oxygens (including phenoxy) is 3. The summed E-state index contributed by atoms with van der Waals surface area (Å²) in [6.07, 6.45) is 33.9. The van der Waals surface area contributed by atoms with E-state index in [0.717, 1.165) is 101 Å². The summed E-state index contributed by atoms with van der Waals surface area (Å²) in [5.74, 6) is -1.39. The van der Waals surface area contributed by atoms with Gasteiger partial charge in [-0.05, 0) is 89.5 Å². The van der Waals surface area contributed by atoms with E-state index in [1.165, 1.54) is 31.7 Å². The molecule has 1 saturated heterocycles. The molecule has 2 rings (SSSR count). The third-order valence-electron chi connectivity index (χ3n) is 11.2. The minimum atomic E-state index is -5.44. The number of hydrogen-bond donors (Lipinski definition) is 6. The number of aromatic nitrogens is 2. The average molecular weight is 1040 g/mol. The van der Waals surface area contributed by atoms with Crippen LogP contribution in [0.3, 0.4) is 0 Å². The Morgan fingerprint density at radius 1 is 0.732 bits per heavy atom. The molecule has 21 heteroatoms. The van der Waals surface area contributed by atoms with E-state index >= 15 is 0 Å². The van der Waals surface area contributed by atoms with Gasteiger partial charge >= 0.3 is 33.3 Å². The number of nitrogens with zero attached hydrogens (tertiary/aromatic N) is 2. The molecule has 71 heavy (non-hydrogen) atoms. The van der Waals surface area contributed by atoms with Crippen LogP contribution in [0, 0.1) is 0 Å². The molecule has 0 saturated carbocycles. The summed E-state index contributed by atoms with van der Waals surface area (Å²) in [6, 6.07) is 1.24.